The second kappa shape index (κ2) is 3.42. The number of nitrogens with one attached hydrogen (secondary N) is 1. The molecule has 0 radical (unpaired) electrons. The molecule has 2 aliphatic rings. The lowest BCUT2D eigenvalue weighted by atomic mass is 10.2. The molecule has 3 heteroatoms. The maximum absolute atomic E-state index is 8.66. The number of rotatable bonds is 0. The van der Waals surface area contributed by atoms with E-state index in [2.05, 4.69) is 11.4 Å². The van der Waals surface area contributed by atoms with Crippen LogP contribution in [0.3, 0.4) is 0 Å². The Hall–Kier alpha value is -0.260. The van der Waals surface area contributed by atoms with Crippen LogP contribution in [-0.2, 0) is 0 Å². The molecule has 0 spiro atoms. The van der Waals surface area contributed by atoms with Crippen LogP contribution >= 0.6 is 12.4 Å². The van der Waals surface area contributed by atoms with E-state index < -0.39 is 0 Å². The van der Waals surface area contributed by atoms with Crippen molar-refractivity contribution in [3.05, 3.63) is 0 Å². The van der Waals surface area contributed by atoms with Crippen LogP contribution in [0, 0.1) is 29.1 Å². The molecule has 0 aromatic rings. The van der Waals surface area contributed by atoms with Crippen LogP contribution in [0.4, 0.5) is 0 Å². The SMILES string of the molecule is Cl.N#C[C@@H]1[C@H]2CCNCC[C@@H]12. The minimum atomic E-state index is 0. The van der Waals surface area contributed by atoms with Gasteiger partial charge in [0, 0.05) is 0 Å². The first-order chi connectivity index (χ1) is 4.93. The second-order valence-corrected chi connectivity index (χ2v) is 3.31. The fraction of sp³-hybridized carbons (Fsp3) is 0.875. The van der Waals surface area contributed by atoms with Crippen molar-refractivity contribution in [2.75, 3.05) is 13.1 Å². The van der Waals surface area contributed by atoms with E-state index >= 15 is 0 Å². The van der Waals surface area contributed by atoms with Crippen LogP contribution < -0.4 is 5.32 Å². The Labute approximate surface area is 73.4 Å². The molecule has 1 saturated carbocycles. The predicted molar refractivity (Wildman–Crippen MR) is 45.4 cm³/mol. The Bertz CT molecular complexity index is 163. The van der Waals surface area contributed by atoms with Crippen molar-refractivity contribution in [2.45, 2.75) is 12.8 Å². The largest absolute Gasteiger partial charge is 0.317 e. The molecular weight excluding hydrogens is 160 g/mol. The highest BCUT2D eigenvalue weighted by molar-refractivity contribution is 5.85. The zero-order valence-electron chi connectivity index (χ0n) is 6.42. The molecule has 2 fully saturated rings. The molecule has 1 aliphatic carbocycles. The van der Waals surface area contributed by atoms with E-state index in [-0.39, 0.29) is 12.4 Å². The van der Waals surface area contributed by atoms with Gasteiger partial charge in [-0.25, -0.2) is 0 Å². The number of fused-ring (bicyclic) bond motifs is 1. The predicted octanol–water partition coefficient (Wildman–Crippen LogP) is 1.18. The molecule has 1 aliphatic heterocycles. The quantitative estimate of drug-likeness (QED) is 0.596. The number of nitrogens with zero attached hydrogens (tertiary/aromatic N) is 1. The second-order valence-electron chi connectivity index (χ2n) is 3.31. The van der Waals surface area contributed by atoms with Crippen LogP contribution in [0.5, 0.6) is 0 Å². The average molecular weight is 173 g/mol. The Morgan fingerprint density at radius 1 is 1.18 bits per heavy atom. The van der Waals surface area contributed by atoms with Gasteiger partial charge in [0.25, 0.3) is 0 Å². The lowest BCUT2D eigenvalue weighted by Gasteiger charge is -1.97. The van der Waals surface area contributed by atoms with Gasteiger partial charge in [0.2, 0.25) is 0 Å². The minimum Gasteiger partial charge on any atom is -0.317 e. The molecule has 0 aromatic heterocycles. The fourth-order valence-corrected chi connectivity index (χ4v) is 2.09. The smallest absolute Gasteiger partial charge is 0.0661 e. The Kier molecular flexibility index (Phi) is 2.75. The van der Waals surface area contributed by atoms with Crippen molar-refractivity contribution in [3.63, 3.8) is 0 Å². The van der Waals surface area contributed by atoms with E-state index in [0.717, 1.165) is 24.9 Å². The van der Waals surface area contributed by atoms with Gasteiger partial charge in [0.15, 0.2) is 0 Å². The summed E-state index contributed by atoms with van der Waals surface area (Å²) in [7, 11) is 0. The summed E-state index contributed by atoms with van der Waals surface area (Å²) in [6, 6.07) is 2.38. The molecule has 1 N–H and O–H groups in total. The normalized spacial score (nSPS) is 40.8. The van der Waals surface area contributed by atoms with Gasteiger partial charge >= 0.3 is 0 Å². The van der Waals surface area contributed by atoms with Gasteiger partial charge in [-0.2, -0.15) is 5.26 Å². The molecule has 0 aromatic carbocycles. The van der Waals surface area contributed by atoms with E-state index in [9.17, 15) is 0 Å². The number of hydrogen-bond donors (Lipinski definition) is 1. The molecule has 2 nitrogen and oxygen atoms in total. The molecule has 62 valence electrons. The summed E-state index contributed by atoms with van der Waals surface area (Å²) < 4.78 is 0. The summed E-state index contributed by atoms with van der Waals surface area (Å²) in [5.74, 6) is 1.92. The van der Waals surface area contributed by atoms with Crippen LogP contribution in [0.1, 0.15) is 12.8 Å². The van der Waals surface area contributed by atoms with Gasteiger partial charge < -0.3 is 5.32 Å². The summed E-state index contributed by atoms with van der Waals surface area (Å²) in [6.07, 6.45) is 2.45. The van der Waals surface area contributed by atoms with E-state index in [0.29, 0.717) is 5.92 Å². The van der Waals surface area contributed by atoms with Gasteiger partial charge in [-0.3, -0.25) is 0 Å². The topological polar surface area (TPSA) is 35.8 Å². The average Bonchev–Trinajstić information content (AvgIpc) is 2.59. The Morgan fingerprint density at radius 3 is 2.18 bits per heavy atom. The lowest BCUT2D eigenvalue weighted by molar-refractivity contribution is 0.624. The van der Waals surface area contributed by atoms with Crippen LogP contribution in [0.15, 0.2) is 0 Å². The maximum Gasteiger partial charge on any atom is 0.0661 e. The number of halogens is 1. The molecular formula is C8H13ClN2. The first kappa shape index (κ1) is 8.83. The van der Waals surface area contributed by atoms with E-state index in [4.69, 9.17) is 5.26 Å². The highest BCUT2D eigenvalue weighted by atomic mass is 35.5. The van der Waals surface area contributed by atoms with Gasteiger partial charge in [0.1, 0.15) is 0 Å². The monoisotopic (exact) mass is 172 g/mol. The van der Waals surface area contributed by atoms with Crippen molar-refractivity contribution in [3.8, 4) is 6.07 Å². The molecule has 2 rings (SSSR count). The Morgan fingerprint density at radius 2 is 1.73 bits per heavy atom. The first-order valence-electron chi connectivity index (χ1n) is 4.04. The van der Waals surface area contributed by atoms with Crippen LogP contribution in [0.25, 0.3) is 0 Å². The standard InChI is InChI=1S/C8H12N2.ClH/c9-5-8-6-1-3-10-4-2-7(6)8;/h6-8,10H,1-4H2;1H/t6-,7+,8+;. The molecule has 11 heavy (non-hydrogen) atoms. The summed E-state index contributed by atoms with van der Waals surface area (Å²) in [4.78, 5) is 0. The molecule has 0 unspecified atom stereocenters. The van der Waals surface area contributed by atoms with Crippen LogP contribution in [0.2, 0.25) is 0 Å². The fourth-order valence-electron chi connectivity index (χ4n) is 2.09. The van der Waals surface area contributed by atoms with Crippen LogP contribution in [-0.4, -0.2) is 13.1 Å². The summed E-state index contributed by atoms with van der Waals surface area (Å²) in [5.41, 5.74) is 0. The third-order valence-electron chi connectivity index (χ3n) is 2.79. The van der Waals surface area contributed by atoms with E-state index in [1.807, 2.05) is 0 Å². The number of hydrogen-bond acceptors (Lipinski definition) is 2. The molecule has 0 bridgehead atoms. The summed E-state index contributed by atoms with van der Waals surface area (Å²) in [6.45, 7) is 2.25. The number of nitriles is 1. The highest BCUT2D eigenvalue weighted by Gasteiger charge is 2.49. The third-order valence-corrected chi connectivity index (χ3v) is 2.79. The summed E-state index contributed by atoms with van der Waals surface area (Å²) >= 11 is 0. The molecule has 3 atom stereocenters. The van der Waals surface area contributed by atoms with Gasteiger partial charge in [-0.05, 0) is 37.8 Å². The highest BCUT2D eigenvalue weighted by Crippen LogP contribution is 2.50. The van der Waals surface area contributed by atoms with Gasteiger partial charge in [-0.15, -0.1) is 12.4 Å². The Balaban J connectivity index is 0.000000605. The minimum absolute atomic E-state index is 0. The van der Waals surface area contributed by atoms with Gasteiger partial charge in [-0.1, -0.05) is 0 Å². The third kappa shape index (κ3) is 1.50. The molecule has 1 heterocycles. The van der Waals surface area contributed by atoms with Crippen molar-refractivity contribution < 1.29 is 0 Å². The lowest BCUT2D eigenvalue weighted by Crippen LogP contribution is -2.15. The van der Waals surface area contributed by atoms with Crippen molar-refractivity contribution >= 4 is 12.4 Å². The maximum atomic E-state index is 8.66. The van der Waals surface area contributed by atoms with Crippen molar-refractivity contribution in [1.82, 2.24) is 5.32 Å². The zero-order valence-corrected chi connectivity index (χ0v) is 7.23. The van der Waals surface area contributed by atoms with E-state index in [1.54, 1.807) is 0 Å². The zero-order chi connectivity index (χ0) is 6.97. The van der Waals surface area contributed by atoms with Gasteiger partial charge in [0.05, 0.1) is 12.0 Å². The van der Waals surface area contributed by atoms with E-state index in [1.165, 1.54) is 12.8 Å². The first-order valence-corrected chi connectivity index (χ1v) is 4.04. The molecule has 0 amide bonds. The molecule has 1 saturated heterocycles. The van der Waals surface area contributed by atoms with Crippen molar-refractivity contribution in [2.24, 2.45) is 17.8 Å². The summed E-state index contributed by atoms with van der Waals surface area (Å²) in [5, 5.41) is 12.0. The van der Waals surface area contributed by atoms with Crippen molar-refractivity contribution in [1.29, 1.82) is 5.26 Å².